The van der Waals surface area contributed by atoms with Gasteiger partial charge in [-0.05, 0) is 42.0 Å². The highest BCUT2D eigenvalue weighted by Gasteiger charge is 2.03. The van der Waals surface area contributed by atoms with Gasteiger partial charge < -0.3 is 5.32 Å². The lowest BCUT2D eigenvalue weighted by Gasteiger charge is -2.11. The van der Waals surface area contributed by atoms with Gasteiger partial charge in [0.2, 0.25) is 5.91 Å². The van der Waals surface area contributed by atoms with Crippen molar-refractivity contribution in [3.63, 3.8) is 0 Å². The number of anilines is 1. The first-order valence-corrected chi connectivity index (χ1v) is 6.69. The number of carbonyl (C=O) groups is 1. The molecule has 2 aromatic carbocycles. The number of benzene rings is 2. The van der Waals surface area contributed by atoms with Gasteiger partial charge >= 0.3 is 0 Å². The molecule has 4 nitrogen and oxygen atoms in total. The third kappa shape index (κ3) is 5.19. The Kier molecular flexibility index (Phi) is 5.22. The van der Waals surface area contributed by atoms with Crippen LogP contribution in [0.4, 0.5) is 10.1 Å². The Morgan fingerprint density at radius 1 is 1.00 bits per heavy atom. The van der Waals surface area contributed by atoms with E-state index >= 15 is 0 Å². The quantitative estimate of drug-likeness (QED) is 0.602. The van der Waals surface area contributed by atoms with Crippen molar-refractivity contribution < 1.29 is 9.18 Å². The van der Waals surface area contributed by atoms with Crippen LogP contribution in [0.3, 0.4) is 0 Å². The molecule has 0 aliphatic rings. The second kappa shape index (κ2) is 7.35. The second-order valence-electron chi connectivity index (χ2n) is 4.30. The molecule has 2 aromatic rings. The number of amides is 1. The minimum absolute atomic E-state index is 0.204. The molecule has 0 saturated carbocycles. The number of hydrazine groups is 1. The van der Waals surface area contributed by atoms with Crippen LogP contribution in [-0.2, 0) is 11.2 Å². The van der Waals surface area contributed by atoms with E-state index in [1.165, 1.54) is 12.1 Å². The maximum absolute atomic E-state index is 12.8. The first kappa shape index (κ1) is 14.9. The molecule has 0 unspecified atom stereocenters. The van der Waals surface area contributed by atoms with Gasteiger partial charge in [0.1, 0.15) is 5.82 Å². The summed E-state index contributed by atoms with van der Waals surface area (Å²) in [4.78, 5) is 11.7. The molecule has 0 fully saturated rings. The molecule has 0 bridgehead atoms. The Morgan fingerprint density at radius 3 is 2.33 bits per heavy atom. The van der Waals surface area contributed by atoms with Crippen molar-refractivity contribution in [3.05, 3.63) is 66.0 Å². The van der Waals surface area contributed by atoms with Crippen LogP contribution in [-0.4, -0.2) is 11.0 Å². The minimum Gasteiger partial charge on any atom is -0.331 e. The number of nitrogens with one attached hydrogen (secondary N) is 3. The maximum Gasteiger partial charge on any atom is 0.242 e. The lowest BCUT2D eigenvalue weighted by atomic mass is 10.1. The number of carbonyl (C=O) groups excluding carboxylic acids is 1. The lowest BCUT2D eigenvalue weighted by Crippen LogP contribution is -2.44. The molecule has 1 amide bonds. The second-order valence-corrected chi connectivity index (χ2v) is 4.70. The fourth-order valence-electron chi connectivity index (χ4n) is 1.65. The highest BCUT2D eigenvalue weighted by Crippen LogP contribution is 2.07. The van der Waals surface area contributed by atoms with E-state index in [1.807, 2.05) is 30.3 Å². The average Bonchev–Trinajstić information content (AvgIpc) is 2.49. The van der Waals surface area contributed by atoms with Crippen molar-refractivity contribution in [3.8, 4) is 0 Å². The minimum atomic E-state index is -0.324. The first-order valence-electron chi connectivity index (χ1n) is 6.29. The summed E-state index contributed by atoms with van der Waals surface area (Å²) in [6.45, 7) is 0. The SMILES string of the molecule is O=C(Cc1ccccc1)NNC(=S)Nc1ccc(F)cc1. The molecule has 0 aliphatic heterocycles. The molecule has 0 heterocycles. The number of thiocarbonyl (C=S) groups is 1. The van der Waals surface area contributed by atoms with E-state index in [9.17, 15) is 9.18 Å². The third-order valence-electron chi connectivity index (χ3n) is 2.63. The summed E-state index contributed by atoms with van der Waals surface area (Å²) in [5, 5.41) is 3.05. The van der Waals surface area contributed by atoms with Gasteiger partial charge in [0, 0.05) is 5.69 Å². The van der Waals surface area contributed by atoms with Gasteiger partial charge in [0.25, 0.3) is 0 Å². The van der Waals surface area contributed by atoms with Crippen LogP contribution in [0.1, 0.15) is 5.56 Å². The van der Waals surface area contributed by atoms with E-state index in [0.29, 0.717) is 5.69 Å². The van der Waals surface area contributed by atoms with Gasteiger partial charge in [-0.3, -0.25) is 15.6 Å². The Morgan fingerprint density at radius 2 is 1.67 bits per heavy atom. The smallest absolute Gasteiger partial charge is 0.242 e. The summed E-state index contributed by atoms with van der Waals surface area (Å²) < 4.78 is 12.8. The zero-order chi connectivity index (χ0) is 15.1. The van der Waals surface area contributed by atoms with Crippen molar-refractivity contribution in [2.24, 2.45) is 0 Å². The van der Waals surface area contributed by atoms with Crippen molar-refractivity contribution >= 4 is 28.9 Å². The summed E-state index contributed by atoms with van der Waals surface area (Å²) in [6.07, 6.45) is 0.257. The molecule has 0 spiro atoms. The number of hydrogen-bond acceptors (Lipinski definition) is 2. The van der Waals surface area contributed by atoms with E-state index in [2.05, 4.69) is 16.2 Å². The average molecular weight is 303 g/mol. The summed E-state index contributed by atoms with van der Waals surface area (Å²) in [5.74, 6) is -0.528. The monoisotopic (exact) mass is 303 g/mol. The maximum atomic E-state index is 12.8. The molecule has 0 aliphatic carbocycles. The van der Waals surface area contributed by atoms with E-state index in [1.54, 1.807) is 12.1 Å². The summed E-state index contributed by atoms with van der Waals surface area (Å²) >= 11 is 5.02. The third-order valence-corrected chi connectivity index (χ3v) is 2.83. The number of halogens is 1. The van der Waals surface area contributed by atoms with Gasteiger partial charge in [-0.15, -0.1) is 0 Å². The molecular weight excluding hydrogens is 289 g/mol. The fourth-order valence-corrected chi connectivity index (χ4v) is 1.82. The van der Waals surface area contributed by atoms with Crippen molar-refractivity contribution in [2.45, 2.75) is 6.42 Å². The molecule has 21 heavy (non-hydrogen) atoms. The van der Waals surface area contributed by atoms with Crippen LogP contribution < -0.4 is 16.2 Å². The van der Waals surface area contributed by atoms with Crippen LogP contribution >= 0.6 is 12.2 Å². The van der Waals surface area contributed by atoms with Crippen molar-refractivity contribution in [1.82, 2.24) is 10.9 Å². The summed E-state index contributed by atoms with van der Waals surface area (Å²) in [5.41, 5.74) is 6.63. The zero-order valence-electron chi connectivity index (χ0n) is 11.1. The van der Waals surface area contributed by atoms with Crippen LogP contribution in [0.25, 0.3) is 0 Å². The lowest BCUT2D eigenvalue weighted by molar-refractivity contribution is -0.120. The normalized spacial score (nSPS) is 9.76. The summed E-state index contributed by atoms with van der Waals surface area (Å²) in [7, 11) is 0. The predicted molar refractivity (Wildman–Crippen MR) is 84.0 cm³/mol. The molecule has 2 rings (SSSR count). The Balaban J connectivity index is 1.76. The van der Waals surface area contributed by atoms with E-state index in [4.69, 9.17) is 12.2 Å². The largest absolute Gasteiger partial charge is 0.331 e. The van der Waals surface area contributed by atoms with Crippen LogP contribution in [0.5, 0.6) is 0 Å². The van der Waals surface area contributed by atoms with Gasteiger partial charge in [-0.2, -0.15) is 0 Å². The molecular formula is C15H14FN3OS. The fraction of sp³-hybridized carbons (Fsp3) is 0.0667. The summed E-state index contributed by atoms with van der Waals surface area (Å²) in [6, 6.07) is 15.1. The topological polar surface area (TPSA) is 53.2 Å². The molecule has 0 saturated heterocycles. The zero-order valence-corrected chi connectivity index (χ0v) is 11.9. The molecule has 0 aromatic heterocycles. The van der Waals surface area contributed by atoms with Crippen molar-refractivity contribution in [1.29, 1.82) is 0 Å². The van der Waals surface area contributed by atoms with Crippen LogP contribution in [0.2, 0.25) is 0 Å². The standard InChI is InChI=1S/C15H14FN3OS/c16-12-6-8-13(9-7-12)17-15(21)19-18-14(20)10-11-4-2-1-3-5-11/h1-9H,10H2,(H,18,20)(H2,17,19,21). The molecule has 108 valence electrons. The Hall–Kier alpha value is -2.47. The van der Waals surface area contributed by atoms with Gasteiger partial charge in [0.15, 0.2) is 5.11 Å². The number of rotatable bonds is 3. The Bertz CT molecular complexity index is 617. The highest BCUT2D eigenvalue weighted by atomic mass is 32.1. The van der Waals surface area contributed by atoms with Crippen molar-refractivity contribution in [2.75, 3.05) is 5.32 Å². The van der Waals surface area contributed by atoms with E-state index in [0.717, 1.165) is 5.56 Å². The highest BCUT2D eigenvalue weighted by molar-refractivity contribution is 7.80. The first-order chi connectivity index (χ1) is 10.1. The van der Waals surface area contributed by atoms with Gasteiger partial charge in [-0.25, -0.2) is 4.39 Å². The Labute approximate surface area is 127 Å². The molecule has 0 radical (unpaired) electrons. The van der Waals surface area contributed by atoms with E-state index < -0.39 is 0 Å². The molecule has 6 heteroatoms. The van der Waals surface area contributed by atoms with Gasteiger partial charge in [0.05, 0.1) is 6.42 Å². The van der Waals surface area contributed by atoms with E-state index in [-0.39, 0.29) is 23.3 Å². The number of hydrogen-bond donors (Lipinski definition) is 3. The van der Waals surface area contributed by atoms with Crippen LogP contribution in [0.15, 0.2) is 54.6 Å². The van der Waals surface area contributed by atoms with Gasteiger partial charge in [-0.1, -0.05) is 30.3 Å². The molecule has 3 N–H and O–H groups in total. The predicted octanol–water partition coefficient (Wildman–Crippen LogP) is 2.39. The molecule has 0 atom stereocenters. The van der Waals surface area contributed by atoms with Crippen LogP contribution in [0, 0.1) is 5.82 Å².